The van der Waals surface area contributed by atoms with E-state index in [1.54, 1.807) is 6.07 Å². The first-order valence-corrected chi connectivity index (χ1v) is 22.0. The van der Waals surface area contributed by atoms with Crippen LogP contribution in [0, 0.1) is 0 Å². The van der Waals surface area contributed by atoms with E-state index in [2.05, 4.69) is 20.8 Å². The number of benzene rings is 1. The van der Waals surface area contributed by atoms with Crippen LogP contribution in [0.15, 0.2) is 17.0 Å². The molecule has 0 aliphatic carbocycles. The van der Waals surface area contributed by atoms with E-state index in [9.17, 15) is 13.0 Å². The zero-order valence-corrected chi connectivity index (χ0v) is 34.9. The van der Waals surface area contributed by atoms with Gasteiger partial charge in [0.1, 0.15) is 10.1 Å². The molecule has 0 radical (unpaired) electrons. The Morgan fingerprint density at radius 1 is 0.404 bits per heavy atom. The van der Waals surface area contributed by atoms with E-state index >= 15 is 0 Å². The molecule has 0 aliphatic rings. The third-order valence-corrected chi connectivity index (χ3v) is 11.0. The monoisotopic (exact) mass is 685 g/mol. The van der Waals surface area contributed by atoms with Crippen LogP contribution in [-0.4, -0.2) is 13.0 Å². The standard InChI is InChI=1S/C42H78O3S.Na/c1-4-7-10-13-15-17-19-21-23-25-27-29-32-35-40-39(34-31-12-9-6-3)37-38-42(46(43,44)45)41(40)36-33-30-28-26-24-22-20-18-16-14-11-8-5-2;/h37-38H,4-36H2,1-3H3,(H,43,44,45);/q;+1/p-1. The van der Waals surface area contributed by atoms with Gasteiger partial charge in [-0.3, -0.25) is 0 Å². The fourth-order valence-corrected chi connectivity index (χ4v) is 7.92. The van der Waals surface area contributed by atoms with Gasteiger partial charge >= 0.3 is 29.6 Å². The molecule has 0 fully saturated rings. The van der Waals surface area contributed by atoms with Crippen molar-refractivity contribution in [3.05, 3.63) is 28.8 Å². The Labute approximate surface area is 317 Å². The van der Waals surface area contributed by atoms with Gasteiger partial charge in [0.15, 0.2) is 0 Å². The van der Waals surface area contributed by atoms with Crippen LogP contribution in [-0.2, 0) is 29.4 Å². The summed E-state index contributed by atoms with van der Waals surface area (Å²) in [4.78, 5) is 0.0634. The average molecular weight is 685 g/mol. The smallest absolute Gasteiger partial charge is 0.744 e. The number of unbranched alkanes of at least 4 members (excludes halogenated alkanes) is 27. The van der Waals surface area contributed by atoms with E-state index in [-0.39, 0.29) is 34.5 Å². The van der Waals surface area contributed by atoms with Crippen molar-refractivity contribution in [2.24, 2.45) is 0 Å². The molecule has 0 aromatic heterocycles. The van der Waals surface area contributed by atoms with Crippen LogP contribution in [0.1, 0.15) is 230 Å². The third kappa shape index (κ3) is 25.7. The molecule has 0 atom stereocenters. The van der Waals surface area contributed by atoms with E-state index in [1.807, 2.05) is 6.07 Å². The van der Waals surface area contributed by atoms with Crippen molar-refractivity contribution in [2.45, 2.75) is 238 Å². The summed E-state index contributed by atoms with van der Waals surface area (Å²) in [6, 6.07) is 3.62. The molecular formula is C42H77NaO3S. The maximum Gasteiger partial charge on any atom is 1.00 e. The molecule has 1 aromatic rings. The first kappa shape index (κ1) is 47.1. The summed E-state index contributed by atoms with van der Waals surface area (Å²) in [5, 5.41) is 0. The zero-order valence-electron chi connectivity index (χ0n) is 32.1. The van der Waals surface area contributed by atoms with Crippen molar-refractivity contribution in [1.29, 1.82) is 0 Å². The van der Waals surface area contributed by atoms with Crippen LogP contribution in [0.3, 0.4) is 0 Å². The summed E-state index contributed by atoms with van der Waals surface area (Å²) >= 11 is 0. The normalized spacial score (nSPS) is 11.7. The van der Waals surface area contributed by atoms with Gasteiger partial charge in [0.05, 0.1) is 4.90 Å². The SMILES string of the molecule is CCCCCCCCCCCCCCCc1c(CCCCCC)ccc(S(=O)(=O)[O-])c1CCCCCCCCCCCCCCC.[Na+]. The molecule has 1 aromatic carbocycles. The first-order chi connectivity index (χ1) is 22.5. The summed E-state index contributed by atoms with van der Waals surface area (Å²) in [7, 11) is -4.48. The summed E-state index contributed by atoms with van der Waals surface area (Å²) in [6.07, 6.45) is 41.6. The molecule has 0 N–H and O–H groups in total. The minimum absolute atomic E-state index is 0. The Bertz CT molecular complexity index is 930. The average Bonchev–Trinajstić information content (AvgIpc) is 3.03. The molecule has 0 saturated carbocycles. The number of hydrogen-bond acceptors (Lipinski definition) is 3. The predicted octanol–water partition coefficient (Wildman–Crippen LogP) is 11.0. The first-order valence-electron chi connectivity index (χ1n) is 20.5. The maximum atomic E-state index is 12.4. The van der Waals surface area contributed by atoms with Crippen molar-refractivity contribution in [3.8, 4) is 0 Å². The van der Waals surface area contributed by atoms with E-state index in [1.165, 1.54) is 178 Å². The molecule has 3 nitrogen and oxygen atoms in total. The Morgan fingerprint density at radius 2 is 0.681 bits per heavy atom. The summed E-state index contributed by atoms with van der Waals surface area (Å²) in [5.74, 6) is 0. The summed E-state index contributed by atoms with van der Waals surface area (Å²) in [6.45, 7) is 6.79. The molecule has 0 spiro atoms. The second-order valence-electron chi connectivity index (χ2n) is 14.4. The minimum atomic E-state index is -4.48. The number of rotatable bonds is 34. The predicted molar refractivity (Wildman–Crippen MR) is 201 cm³/mol. The van der Waals surface area contributed by atoms with Crippen LogP contribution < -0.4 is 29.6 Å². The molecule has 47 heavy (non-hydrogen) atoms. The van der Waals surface area contributed by atoms with Crippen LogP contribution in [0.5, 0.6) is 0 Å². The van der Waals surface area contributed by atoms with Crippen molar-refractivity contribution in [1.82, 2.24) is 0 Å². The molecule has 1 rings (SSSR count). The molecule has 5 heteroatoms. The maximum absolute atomic E-state index is 12.4. The molecule has 270 valence electrons. The Hall–Kier alpha value is 0.130. The Kier molecular flexibility index (Phi) is 33.4. The summed E-state index contributed by atoms with van der Waals surface area (Å²) < 4.78 is 37.2. The molecule has 0 bridgehead atoms. The van der Waals surface area contributed by atoms with Gasteiger partial charge in [-0.15, -0.1) is 0 Å². The largest absolute Gasteiger partial charge is 1.00 e. The van der Waals surface area contributed by atoms with Gasteiger partial charge < -0.3 is 4.55 Å². The van der Waals surface area contributed by atoms with E-state index in [0.717, 1.165) is 50.5 Å². The van der Waals surface area contributed by atoms with Crippen molar-refractivity contribution in [3.63, 3.8) is 0 Å². The molecular weight excluding hydrogens is 608 g/mol. The van der Waals surface area contributed by atoms with E-state index in [0.29, 0.717) is 0 Å². The van der Waals surface area contributed by atoms with Gasteiger partial charge in [-0.1, -0.05) is 200 Å². The van der Waals surface area contributed by atoms with Crippen LogP contribution >= 0.6 is 0 Å². The quantitative estimate of drug-likeness (QED) is 0.0412. The van der Waals surface area contributed by atoms with Gasteiger partial charge in [-0.2, -0.15) is 0 Å². The van der Waals surface area contributed by atoms with E-state index < -0.39 is 10.1 Å². The second-order valence-corrected chi connectivity index (χ2v) is 15.8. The molecule has 0 saturated heterocycles. The molecule has 0 amide bonds. The van der Waals surface area contributed by atoms with Gasteiger partial charge in [0, 0.05) is 0 Å². The van der Waals surface area contributed by atoms with Crippen molar-refractivity contribution >= 4 is 10.1 Å². The topological polar surface area (TPSA) is 57.2 Å². The van der Waals surface area contributed by atoms with Crippen LogP contribution in [0.25, 0.3) is 0 Å². The summed E-state index contributed by atoms with van der Waals surface area (Å²) in [5.41, 5.74) is 3.37. The third-order valence-electron chi connectivity index (χ3n) is 10.1. The Morgan fingerprint density at radius 3 is 1.02 bits per heavy atom. The number of hydrogen-bond donors (Lipinski definition) is 0. The minimum Gasteiger partial charge on any atom is -0.744 e. The molecule has 0 heterocycles. The van der Waals surface area contributed by atoms with Crippen LogP contribution in [0.4, 0.5) is 0 Å². The van der Waals surface area contributed by atoms with Gasteiger partial charge in [-0.05, 0) is 61.3 Å². The fourth-order valence-electron chi connectivity index (χ4n) is 7.16. The van der Waals surface area contributed by atoms with E-state index in [4.69, 9.17) is 0 Å². The van der Waals surface area contributed by atoms with Gasteiger partial charge in [0.25, 0.3) is 0 Å². The van der Waals surface area contributed by atoms with Gasteiger partial charge in [0.2, 0.25) is 0 Å². The second kappa shape index (κ2) is 33.3. The van der Waals surface area contributed by atoms with Crippen molar-refractivity contribution < 1.29 is 42.5 Å². The Balaban J connectivity index is 0.0000212. The van der Waals surface area contributed by atoms with Gasteiger partial charge in [-0.25, -0.2) is 8.42 Å². The zero-order chi connectivity index (χ0) is 33.6. The molecule has 0 aliphatic heterocycles. The number of aryl methyl sites for hydroxylation is 1. The van der Waals surface area contributed by atoms with Crippen molar-refractivity contribution in [2.75, 3.05) is 0 Å². The fraction of sp³-hybridized carbons (Fsp3) is 0.857. The van der Waals surface area contributed by atoms with Crippen LogP contribution in [0.2, 0.25) is 0 Å². The molecule has 0 unspecified atom stereocenters.